The van der Waals surface area contributed by atoms with Crippen LogP contribution in [0.3, 0.4) is 0 Å². The van der Waals surface area contributed by atoms with Gasteiger partial charge in [0.25, 0.3) is 0 Å². The Morgan fingerprint density at radius 3 is 2.79 bits per heavy atom. The van der Waals surface area contributed by atoms with Crippen LogP contribution in [0.5, 0.6) is 11.5 Å². The van der Waals surface area contributed by atoms with Crippen LogP contribution in [0.15, 0.2) is 18.2 Å². The van der Waals surface area contributed by atoms with Crippen LogP contribution in [0.4, 0.5) is 0 Å². The molecule has 5 nitrogen and oxygen atoms in total. The molecule has 102 valence electrons. The zero-order valence-corrected chi connectivity index (χ0v) is 10.9. The summed E-state index contributed by atoms with van der Waals surface area (Å²) in [6, 6.07) is 5.60. The average molecular weight is 262 g/mol. The SMILES string of the molecule is CC(NC(=O)C1(N)CCC1)c1ccc2c(c1)OCO2. The summed E-state index contributed by atoms with van der Waals surface area (Å²) in [6.07, 6.45) is 2.57. The third kappa shape index (κ3) is 2.14. The standard InChI is InChI=1S/C14H18N2O3/c1-9(16-13(17)14(15)5-2-6-14)10-3-4-11-12(7-10)19-8-18-11/h3-4,7,9H,2,5-6,8,15H2,1H3,(H,16,17). The maximum Gasteiger partial charge on any atom is 0.240 e. The van der Waals surface area contributed by atoms with Gasteiger partial charge in [-0.3, -0.25) is 4.79 Å². The zero-order chi connectivity index (χ0) is 13.5. The van der Waals surface area contributed by atoms with Crippen molar-refractivity contribution in [3.8, 4) is 11.5 Å². The highest BCUT2D eigenvalue weighted by Gasteiger charge is 2.40. The molecule has 1 atom stereocenters. The molecule has 1 fully saturated rings. The number of benzene rings is 1. The van der Waals surface area contributed by atoms with E-state index >= 15 is 0 Å². The number of ether oxygens (including phenoxy) is 2. The van der Waals surface area contributed by atoms with E-state index in [1.807, 2.05) is 25.1 Å². The molecule has 1 aromatic rings. The van der Waals surface area contributed by atoms with E-state index in [4.69, 9.17) is 15.2 Å². The summed E-state index contributed by atoms with van der Waals surface area (Å²) in [5.74, 6) is 1.41. The van der Waals surface area contributed by atoms with Gasteiger partial charge in [0.05, 0.1) is 11.6 Å². The van der Waals surface area contributed by atoms with Crippen LogP contribution >= 0.6 is 0 Å². The summed E-state index contributed by atoms with van der Waals surface area (Å²) in [7, 11) is 0. The molecular weight excluding hydrogens is 244 g/mol. The van der Waals surface area contributed by atoms with Crippen LogP contribution in [0.2, 0.25) is 0 Å². The maximum atomic E-state index is 12.1. The van der Waals surface area contributed by atoms with Crippen molar-refractivity contribution < 1.29 is 14.3 Å². The Morgan fingerprint density at radius 1 is 1.37 bits per heavy atom. The fourth-order valence-electron chi connectivity index (χ4n) is 2.39. The van der Waals surface area contributed by atoms with Crippen molar-refractivity contribution in [2.75, 3.05) is 6.79 Å². The lowest BCUT2D eigenvalue weighted by Crippen LogP contribution is -2.58. The topological polar surface area (TPSA) is 73.6 Å². The Labute approximate surface area is 112 Å². The highest BCUT2D eigenvalue weighted by Crippen LogP contribution is 2.35. The minimum absolute atomic E-state index is 0.0658. The summed E-state index contributed by atoms with van der Waals surface area (Å²) in [5, 5.41) is 2.97. The number of carbonyl (C=O) groups excluding carboxylic acids is 1. The molecule has 0 aromatic heterocycles. The Balaban J connectivity index is 1.70. The fraction of sp³-hybridized carbons (Fsp3) is 0.500. The van der Waals surface area contributed by atoms with Crippen molar-refractivity contribution in [3.05, 3.63) is 23.8 Å². The number of carbonyl (C=O) groups is 1. The summed E-state index contributed by atoms with van der Waals surface area (Å²) < 4.78 is 10.6. The van der Waals surface area contributed by atoms with Crippen LogP contribution in [-0.4, -0.2) is 18.2 Å². The van der Waals surface area contributed by atoms with Gasteiger partial charge >= 0.3 is 0 Å². The zero-order valence-electron chi connectivity index (χ0n) is 10.9. The lowest BCUT2D eigenvalue weighted by Gasteiger charge is -2.37. The van der Waals surface area contributed by atoms with Gasteiger partial charge in [0.2, 0.25) is 12.7 Å². The van der Waals surface area contributed by atoms with Gasteiger partial charge in [-0.1, -0.05) is 6.07 Å². The number of nitrogens with two attached hydrogens (primary N) is 1. The predicted octanol–water partition coefficient (Wildman–Crippen LogP) is 1.47. The normalized spacial score (nSPS) is 20.5. The minimum Gasteiger partial charge on any atom is -0.454 e. The molecule has 1 heterocycles. The first-order valence-corrected chi connectivity index (χ1v) is 6.58. The van der Waals surface area contributed by atoms with E-state index in [2.05, 4.69) is 5.32 Å². The molecule has 1 aromatic carbocycles. The van der Waals surface area contributed by atoms with E-state index in [9.17, 15) is 4.79 Å². The van der Waals surface area contributed by atoms with E-state index in [0.717, 1.165) is 36.3 Å². The van der Waals surface area contributed by atoms with E-state index in [0.29, 0.717) is 0 Å². The maximum absolute atomic E-state index is 12.1. The molecule has 5 heteroatoms. The smallest absolute Gasteiger partial charge is 0.240 e. The van der Waals surface area contributed by atoms with Gasteiger partial charge in [0.15, 0.2) is 11.5 Å². The van der Waals surface area contributed by atoms with E-state index in [-0.39, 0.29) is 18.7 Å². The Kier molecular flexibility index (Phi) is 2.86. The molecule has 1 amide bonds. The predicted molar refractivity (Wildman–Crippen MR) is 69.9 cm³/mol. The van der Waals surface area contributed by atoms with Gasteiger partial charge in [-0.25, -0.2) is 0 Å². The van der Waals surface area contributed by atoms with Crippen molar-refractivity contribution in [1.29, 1.82) is 0 Å². The number of fused-ring (bicyclic) bond motifs is 1. The average Bonchev–Trinajstić information content (AvgIpc) is 2.82. The van der Waals surface area contributed by atoms with Crippen LogP contribution in [0.1, 0.15) is 37.8 Å². The molecule has 1 aliphatic carbocycles. The third-order valence-corrected chi connectivity index (χ3v) is 3.94. The number of nitrogens with one attached hydrogen (secondary N) is 1. The van der Waals surface area contributed by atoms with E-state index < -0.39 is 5.54 Å². The third-order valence-electron chi connectivity index (χ3n) is 3.94. The van der Waals surface area contributed by atoms with Gasteiger partial charge in [0, 0.05) is 0 Å². The van der Waals surface area contributed by atoms with Crippen molar-refractivity contribution in [2.45, 2.75) is 37.8 Å². The fourth-order valence-corrected chi connectivity index (χ4v) is 2.39. The summed E-state index contributed by atoms with van der Waals surface area (Å²) in [4.78, 5) is 12.1. The van der Waals surface area contributed by atoms with Crippen LogP contribution in [0, 0.1) is 0 Å². The molecule has 1 saturated carbocycles. The molecule has 2 aliphatic rings. The van der Waals surface area contributed by atoms with Crippen molar-refractivity contribution in [2.24, 2.45) is 5.73 Å². The quantitative estimate of drug-likeness (QED) is 0.865. The van der Waals surface area contributed by atoms with Crippen molar-refractivity contribution in [3.63, 3.8) is 0 Å². The van der Waals surface area contributed by atoms with Gasteiger partial charge in [0.1, 0.15) is 0 Å². The second-order valence-electron chi connectivity index (χ2n) is 5.32. The Hall–Kier alpha value is -1.75. The first-order chi connectivity index (χ1) is 9.08. The summed E-state index contributed by atoms with van der Waals surface area (Å²) >= 11 is 0. The van der Waals surface area contributed by atoms with Crippen molar-refractivity contribution >= 4 is 5.91 Å². The molecular formula is C14H18N2O3. The summed E-state index contributed by atoms with van der Waals surface area (Å²) in [5.41, 5.74) is 6.33. The van der Waals surface area contributed by atoms with E-state index in [1.165, 1.54) is 0 Å². The minimum atomic E-state index is -0.662. The highest BCUT2D eigenvalue weighted by molar-refractivity contribution is 5.87. The number of amides is 1. The van der Waals surface area contributed by atoms with Gasteiger partial charge in [-0.15, -0.1) is 0 Å². The molecule has 3 N–H and O–H groups in total. The van der Waals surface area contributed by atoms with Gasteiger partial charge in [-0.2, -0.15) is 0 Å². The monoisotopic (exact) mass is 262 g/mol. The number of hydrogen-bond donors (Lipinski definition) is 2. The molecule has 1 unspecified atom stereocenters. The summed E-state index contributed by atoms with van der Waals surface area (Å²) in [6.45, 7) is 2.20. The lowest BCUT2D eigenvalue weighted by molar-refractivity contribution is -0.129. The number of hydrogen-bond acceptors (Lipinski definition) is 4. The molecule has 0 radical (unpaired) electrons. The first kappa shape index (κ1) is 12.3. The Bertz CT molecular complexity index is 511. The van der Waals surface area contributed by atoms with Crippen LogP contribution in [-0.2, 0) is 4.79 Å². The molecule has 1 aliphatic heterocycles. The van der Waals surface area contributed by atoms with Crippen LogP contribution < -0.4 is 20.5 Å². The van der Waals surface area contributed by atoms with Gasteiger partial charge < -0.3 is 20.5 Å². The second kappa shape index (κ2) is 4.42. The molecule has 0 spiro atoms. The molecule has 0 bridgehead atoms. The second-order valence-corrected chi connectivity index (χ2v) is 5.32. The van der Waals surface area contributed by atoms with E-state index in [1.54, 1.807) is 0 Å². The largest absolute Gasteiger partial charge is 0.454 e. The molecule has 0 saturated heterocycles. The van der Waals surface area contributed by atoms with Gasteiger partial charge in [-0.05, 0) is 43.9 Å². The number of rotatable bonds is 3. The Morgan fingerprint density at radius 2 is 2.11 bits per heavy atom. The molecule has 19 heavy (non-hydrogen) atoms. The lowest BCUT2D eigenvalue weighted by atomic mass is 9.77. The molecule has 3 rings (SSSR count). The van der Waals surface area contributed by atoms with Crippen LogP contribution in [0.25, 0.3) is 0 Å². The van der Waals surface area contributed by atoms with Crippen molar-refractivity contribution in [1.82, 2.24) is 5.32 Å². The highest BCUT2D eigenvalue weighted by atomic mass is 16.7. The first-order valence-electron chi connectivity index (χ1n) is 6.58.